The molecule has 5 heteroatoms. The second kappa shape index (κ2) is 5.26. The van der Waals surface area contributed by atoms with Crippen molar-refractivity contribution in [3.05, 3.63) is 35.6 Å². The fourth-order valence-corrected chi connectivity index (χ4v) is 2.62. The summed E-state index contributed by atoms with van der Waals surface area (Å²) in [4.78, 5) is 12.2. The molecular formula is C15H18N2O3. The Hall–Kier alpha value is -1.85. The summed E-state index contributed by atoms with van der Waals surface area (Å²) in [5.41, 5.74) is 1.57. The highest BCUT2D eigenvalue weighted by Gasteiger charge is 2.26. The topological polar surface area (TPSA) is 74.5 Å². The molecule has 1 aromatic carbocycles. The predicted octanol–water partition coefficient (Wildman–Crippen LogP) is 1.05. The van der Waals surface area contributed by atoms with Gasteiger partial charge in [0.05, 0.1) is 6.10 Å². The number of carbonyl (C=O) groups excluding carboxylic acids is 1. The van der Waals surface area contributed by atoms with E-state index in [1.54, 1.807) is 0 Å². The van der Waals surface area contributed by atoms with Gasteiger partial charge in [0.2, 0.25) is 0 Å². The lowest BCUT2D eigenvalue weighted by atomic mass is 10.1. The fraction of sp³-hybridized carbons (Fsp3) is 0.400. The molecule has 0 radical (unpaired) electrons. The molecule has 1 aliphatic heterocycles. The SMILES string of the molecule is Cc1c(C(=O)NCC2CNCC2O)oc2ccccc12. The number of hydrogen-bond donors (Lipinski definition) is 3. The molecule has 1 aliphatic rings. The van der Waals surface area contributed by atoms with Gasteiger partial charge in [-0.15, -0.1) is 0 Å². The van der Waals surface area contributed by atoms with Crippen molar-refractivity contribution in [3.8, 4) is 0 Å². The normalized spacial score (nSPS) is 22.3. The Morgan fingerprint density at radius 2 is 2.25 bits per heavy atom. The molecule has 5 nitrogen and oxygen atoms in total. The van der Waals surface area contributed by atoms with E-state index < -0.39 is 6.10 Å². The smallest absolute Gasteiger partial charge is 0.287 e. The number of rotatable bonds is 3. The zero-order valence-electron chi connectivity index (χ0n) is 11.3. The van der Waals surface area contributed by atoms with Gasteiger partial charge in [-0.1, -0.05) is 18.2 Å². The minimum Gasteiger partial charge on any atom is -0.451 e. The average Bonchev–Trinajstić information content (AvgIpc) is 3.01. The molecule has 2 heterocycles. The molecule has 20 heavy (non-hydrogen) atoms. The zero-order chi connectivity index (χ0) is 14.1. The van der Waals surface area contributed by atoms with Crippen LogP contribution in [0.2, 0.25) is 0 Å². The quantitative estimate of drug-likeness (QED) is 0.782. The molecule has 0 spiro atoms. The molecule has 1 aromatic heterocycles. The second-order valence-electron chi connectivity index (χ2n) is 5.25. The number of β-amino-alcohol motifs (C(OH)–C–C–N with tert-alkyl or cyclic N) is 1. The van der Waals surface area contributed by atoms with E-state index in [4.69, 9.17) is 4.42 Å². The van der Waals surface area contributed by atoms with Crippen LogP contribution in [0.3, 0.4) is 0 Å². The van der Waals surface area contributed by atoms with Crippen LogP contribution >= 0.6 is 0 Å². The molecule has 2 aromatic rings. The van der Waals surface area contributed by atoms with E-state index in [1.165, 1.54) is 0 Å². The zero-order valence-corrected chi connectivity index (χ0v) is 11.3. The number of furan rings is 1. The number of fused-ring (bicyclic) bond motifs is 1. The van der Waals surface area contributed by atoms with Gasteiger partial charge >= 0.3 is 0 Å². The third kappa shape index (κ3) is 2.30. The highest BCUT2D eigenvalue weighted by molar-refractivity contribution is 5.98. The van der Waals surface area contributed by atoms with E-state index in [1.807, 2.05) is 31.2 Å². The van der Waals surface area contributed by atoms with Crippen LogP contribution in [-0.4, -0.2) is 36.8 Å². The van der Waals surface area contributed by atoms with Crippen molar-refractivity contribution in [2.24, 2.45) is 5.92 Å². The van der Waals surface area contributed by atoms with Crippen molar-refractivity contribution in [3.63, 3.8) is 0 Å². The number of aryl methyl sites for hydroxylation is 1. The first-order valence-corrected chi connectivity index (χ1v) is 6.82. The van der Waals surface area contributed by atoms with E-state index in [2.05, 4.69) is 10.6 Å². The van der Waals surface area contributed by atoms with Crippen LogP contribution in [0, 0.1) is 12.8 Å². The summed E-state index contributed by atoms with van der Waals surface area (Å²) in [7, 11) is 0. The summed E-state index contributed by atoms with van der Waals surface area (Å²) in [5.74, 6) is 0.188. The second-order valence-corrected chi connectivity index (χ2v) is 5.25. The number of hydrogen-bond acceptors (Lipinski definition) is 4. The first-order valence-electron chi connectivity index (χ1n) is 6.82. The van der Waals surface area contributed by atoms with E-state index in [-0.39, 0.29) is 11.8 Å². The van der Waals surface area contributed by atoms with Crippen molar-refractivity contribution < 1.29 is 14.3 Å². The van der Waals surface area contributed by atoms with Crippen molar-refractivity contribution >= 4 is 16.9 Å². The summed E-state index contributed by atoms with van der Waals surface area (Å²) in [6.07, 6.45) is -0.396. The van der Waals surface area contributed by atoms with Crippen molar-refractivity contribution in [2.75, 3.05) is 19.6 Å². The van der Waals surface area contributed by atoms with Crippen LogP contribution in [0.5, 0.6) is 0 Å². The van der Waals surface area contributed by atoms with Crippen LogP contribution in [0.15, 0.2) is 28.7 Å². The van der Waals surface area contributed by atoms with E-state index in [0.29, 0.717) is 18.8 Å². The van der Waals surface area contributed by atoms with Crippen LogP contribution in [0.4, 0.5) is 0 Å². The molecule has 0 aliphatic carbocycles. The van der Waals surface area contributed by atoms with E-state index in [0.717, 1.165) is 23.1 Å². The fourth-order valence-electron chi connectivity index (χ4n) is 2.62. The number of amides is 1. The summed E-state index contributed by atoms with van der Waals surface area (Å²) >= 11 is 0. The molecule has 0 bridgehead atoms. The summed E-state index contributed by atoms with van der Waals surface area (Å²) in [6, 6.07) is 7.60. The molecule has 1 amide bonds. The van der Waals surface area contributed by atoms with Gasteiger partial charge in [-0.05, 0) is 13.0 Å². The van der Waals surface area contributed by atoms with Crippen LogP contribution in [0.1, 0.15) is 16.1 Å². The van der Waals surface area contributed by atoms with Crippen molar-refractivity contribution in [1.82, 2.24) is 10.6 Å². The lowest BCUT2D eigenvalue weighted by Gasteiger charge is -2.13. The molecular weight excluding hydrogens is 256 g/mol. The summed E-state index contributed by atoms with van der Waals surface area (Å²) < 4.78 is 5.61. The van der Waals surface area contributed by atoms with Gasteiger partial charge in [0.25, 0.3) is 5.91 Å². The Balaban J connectivity index is 1.74. The molecule has 2 atom stereocenters. The molecule has 0 saturated carbocycles. The molecule has 3 rings (SSSR count). The van der Waals surface area contributed by atoms with Crippen LogP contribution in [0.25, 0.3) is 11.0 Å². The third-order valence-electron chi connectivity index (χ3n) is 3.88. The largest absolute Gasteiger partial charge is 0.451 e. The number of aliphatic hydroxyl groups excluding tert-OH is 1. The molecule has 2 unspecified atom stereocenters. The van der Waals surface area contributed by atoms with Gasteiger partial charge in [-0.2, -0.15) is 0 Å². The Bertz CT molecular complexity index is 635. The van der Waals surface area contributed by atoms with Crippen molar-refractivity contribution in [1.29, 1.82) is 0 Å². The first kappa shape index (κ1) is 13.1. The molecule has 3 N–H and O–H groups in total. The monoisotopic (exact) mass is 274 g/mol. The van der Waals surface area contributed by atoms with Gasteiger partial charge in [0, 0.05) is 36.5 Å². The minimum absolute atomic E-state index is 0.0589. The van der Waals surface area contributed by atoms with Crippen molar-refractivity contribution in [2.45, 2.75) is 13.0 Å². The minimum atomic E-state index is -0.396. The highest BCUT2D eigenvalue weighted by atomic mass is 16.3. The van der Waals surface area contributed by atoms with Crippen LogP contribution < -0.4 is 10.6 Å². The number of carbonyl (C=O) groups is 1. The molecule has 106 valence electrons. The lowest BCUT2D eigenvalue weighted by Crippen LogP contribution is -2.34. The van der Waals surface area contributed by atoms with Crippen LogP contribution in [-0.2, 0) is 0 Å². The third-order valence-corrected chi connectivity index (χ3v) is 3.88. The Labute approximate surface area is 117 Å². The summed E-state index contributed by atoms with van der Waals surface area (Å²) in [5, 5.41) is 16.6. The predicted molar refractivity (Wildman–Crippen MR) is 75.7 cm³/mol. The first-order chi connectivity index (χ1) is 9.66. The number of para-hydroxylation sites is 1. The van der Waals surface area contributed by atoms with E-state index >= 15 is 0 Å². The summed E-state index contributed by atoms with van der Waals surface area (Å²) in [6.45, 7) is 3.64. The van der Waals surface area contributed by atoms with Gasteiger partial charge in [-0.25, -0.2) is 0 Å². The van der Waals surface area contributed by atoms with Gasteiger partial charge in [0.15, 0.2) is 5.76 Å². The lowest BCUT2D eigenvalue weighted by molar-refractivity contribution is 0.0901. The Morgan fingerprint density at radius 3 is 2.95 bits per heavy atom. The maximum Gasteiger partial charge on any atom is 0.287 e. The standard InChI is InChI=1S/C15H18N2O3/c1-9-11-4-2-3-5-13(11)20-14(9)15(19)17-7-10-6-16-8-12(10)18/h2-5,10,12,16,18H,6-8H2,1H3,(H,17,19). The Morgan fingerprint density at radius 1 is 1.45 bits per heavy atom. The number of aliphatic hydroxyl groups is 1. The van der Waals surface area contributed by atoms with Gasteiger partial charge in [0.1, 0.15) is 5.58 Å². The average molecular weight is 274 g/mol. The van der Waals surface area contributed by atoms with Gasteiger partial charge in [-0.3, -0.25) is 4.79 Å². The molecule has 1 saturated heterocycles. The van der Waals surface area contributed by atoms with E-state index in [9.17, 15) is 9.90 Å². The van der Waals surface area contributed by atoms with Gasteiger partial charge < -0.3 is 20.2 Å². The molecule has 1 fully saturated rings. The number of benzene rings is 1. The highest BCUT2D eigenvalue weighted by Crippen LogP contribution is 2.24. The Kier molecular flexibility index (Phi) is 3.46. The maximum atomic E-state index is 12.2. The maximum absolute atomic E-state index is 12.2. The number of nitrogens with one attached hydrogen (secondary N) is 2.